The highest BCUT2D eigenvalue weighted by atomic mass is 79.9. The number of nitrogens with one attached hydrogen (secondary N) is 2. The van der Waals surface area contributed by atoms with E-state index in [4.69, 9.17) is 11.6 Å². The van der Waals surface area contributed by atoms with Crippen molar-refractivity contribution in [3.63, 3.8) is 0 Å². The molecular weight excluding hydrogens is 352 g/mol. The number of hydrogen-bond donors (Lipinski definition) is 2. The monoisotopic (exact) mass is 366 g/mol. The molecule has 0 saturated carbocycles. The summed E-state index contributed by atoms with van der Waals surface area (Å²) in [5, 5.41) is 6.68. The number of benzene rings is 2. The Balaban J connectivity index is 2.02. The maximum Gasteiger partial charge on any atom is 0.246 e. The standard InChI is InChI=1S/C16H16BrClN2O/c1-10-14(18)4-3-5-15(10)20-16(21)11(2)19-13-8-6-12(17)7-9-13/h3-9,11,19H,1-2H3,(H,20,21). The number of halogens is 2. The smallest absolute Gasteiger partial charge is 0.246 e. The fourth-order valence-corrected chi connectivity index (χ4v) is 2.28. The van der Waals surface area contributed by atoms with Gasteiger partial charge in [0.05, 0.1) is 0 Å². The molecule has 2 aromatic rings. The highest BCUT2D eigenvalue weighted by Crippen LogP contribution is 2.23. The first-order valence-electron chi connectivity index (χ1n) is 6.55. The van der Waals surface area contributed by atoms with Gasteiger partial charge >= 0.3 is 0 Å². The molecule has 0 aliphatic carbocycles. The molecule has 2 rings (SSSR count). The summed E-state index contributed by atoms with van der Waals surface area (Å²) in [5.41, 5.74) is 2.49. The minimum atomic E-state index is -0.357. The van der Waals surface area contributed by atoms with Gasteiger partial charge < -0.3 is 10.6 Å². The van der Waals surface area contributed by atoms with E-state index < -0.39 is 0 Å². The summed E-state index contributed by atoms with van der Waals surface area (Å²) in [6, 6.07) is 12.8. The molecule has 0 aliphatic rings. The van der Waals surface area contributed by atoms with Crippen molar-refractivity contribution in [2.75, 3.05) is 10.6 Å². The van der Waals surface area contributed by atoms with Gasteiger partial charge in [-0.3, -0.25) is 4.79 Å². The molecule has 1 unspecified atom stereocenters. The van der Waals surface area contributed by atoms with Crippen molar-refractivity contribution in [3.05, 3.63) is 57.5 Å². The van der Waals surface area contributed by atoms with Crippen molar-refractivity contribution in [1.29, 1.82) is 0 Å². The van der Waals surface area contributed by atoms with E-state index >= 15 is 0 Å². The van der Waals surface area contributed by atoms with Crippen LogP contribution in [0.15, 0.2) is 46.9 Å². The van der Waals surface area contributed by atoms with Crippen molar-refractivity contribution in [3.8, 4) is 0 Å². The third kappa shape index (κ3) is 4.22. The van der Waals surface area contributed by atoms with Gasteiger partial charge in [-0.2, -0.15) is 0 Å². The van der Waals surface area contributed by atoms with Crippen LogP contribution in [-0.2, 0) is 4.79 Å². The molecule has 0 aliphatic heterocycles. The zero-order chi connectivity index (χ0) is 15.4. The van der Waals surface area contributed by atoms with Crippen LogP contribution < -0.4 is 10.6 Å². The predicted octanol–water partition coefficient (Wildman–Crippen LogP) is 4.85. The molecule has 0 heterocycles. The normalized spacial score (nSPS) is 11.8. The number of carbonyl (C=O) groups excluding carboxylic acids is 1. The lowest BCUT2D eigenvalue weighted by Gasteiger charge is -2.16. The molecule has 0 aromatic heterocycles. The Morgan fingerprint density at radius 1 is 1.19 bits per heavy atom. The second-order valence-corrected chi connectivity index (χ2v) is 6.10. The lowest BCUT2D eigenvalue weighted by molar-refractivity contribution is -0.116. The summed E-state index contributed by atoms with van der Waals surface area (Å²) < 4.78 is 1.000. The lowest BCUT2D eigenvalue weighted by atomic mass is 10.2. The molecule has 0 fully saturated rings. The Morgan fingerprint density at radius 3 is 2.52 bits per heavy atom. The van der Waals surface area contributed by atoms with Crippen LogP contribution in [0.2, 0.25) is 5.02 Å². The first-order chi connectivity index (χ1) is 9.97. The number of rotatable bonds is 4. The quantitative estimate of drug-likeness (QED) is 0.811. The zero-order valence-electron chi connectivity index (χ0n) is 11.8. The predicted molar refractivity (Wildman–Crippen MR) is 92.0 cm³/mol. The SMILES string of the molecule is Cc1c(Cl)cccc1NC(=O)C(C)Nc1ccc(Br)cc1. The average Bonchev–Trinajstić information content (AvgIpc) is 2.46. The number of amides is 1. The van der Waals surface area contributed by atoms with Crippen LogP contribution in [0.25, 0.3) is 0 Å². The molecule has 110 valence electrons. The van der Waals surface area contributed by atoms with Gasteiger partial charge in [0.25, 0.3) is 0 Å². The van der Waals surface area contributed by atoms with Crippen LogP contribution in [0.3, 0.4) is 0 Å². The molecule has 21 heavy (non-hydrogen) atoms. The molecule has 2 N–H and O–H groups in total. The van der Waals surface area contributed by atoms with Crippen molar-refractivity contribution in [2.24, 2.45) is 0 Å². The lowest BCUT2D eigenvalue weighted by Crippen LogP contribution is -2.32. The third-order valence-corrected chi connectivity index (χ3v) is 4.08. The van der Waals surface area contributed by atoms with Gasteiger partial charge in [0, 0.05) is 20.9 Å². The van der Waals surface area contributed by atoms with Crippen LogP contribution in [0.1, 0.15) is 12.5 Å². The molecule has 0 bridgehead atoms. The molecule has 1 atom stereocenters. The minimum Gasteiger partial charge on any atom is -0.374 e. The summed E-state index contributed by atoms with van der Waals surface area (Å²) in [6.45, 7) is 3.70. The van der Waals surface area contributed by atoms with Gasteiger partial charge in [0.1, 0.15) is 6.04 Å². The Kier molecular flexibility index (Phi) is 5.26. The van der Waals surface area contributed by atoms with E-state index in [0.29, 0.717) is 5.02 Å². The van der Waals surface area contributed by atoms with Crippen molar-refractivity contribution in [2.45, 2.75) is 19.9 Å². The third-order valence-electron chi connectivity index (χ3n) is 3.15. The van der Waals surface area contributed by atoms with Gasteiger partial charge in [0.15, 0.2) is 0 Å². The van der Waals surface area contributed by atoms with Gasteiger partial charge in [-0.1, -0.05) is 33.6 Å². The molecule has 1 amide bonds. The zero-order valence-corrected chi connectivity index (χ0v) is 14.1. The van der Waals surface area contributed by atoms with E-state index in [1.165, 1.54) is 0 Å². The summed E-state index contributed by atoms with van der Waals surface area (Å²) >= 11 is 9.43. The summed E-state index contributed by atoms with van der Waals surface area (Å²) in [5.74, 6) is -0.108. The Bertz CT molecular complexity index is 643. The molecule has 3 nitrogen and oxygen atoms in total. The van der Waals surface area contributed by atoms with Crippen molar-refractivity contribution >= 4 is 44.8 Å². The number of carbonyl (C=O) groups is 1. The molecule has 0 saturated heterocycles. The van der Waals surface area contributed by atoms with Gasteiger partial charge in [-0.15, -0.1) is 0 Å². The highest BCUT2D eigenvalue weighted by Gasteiger charge is 2.14. The summed E-state index contributed by atoms with van der Waals surface area (Å²) in [4.78, 5) is 12.2. The van der Waals surface area contributed by atoms with Crippen LogP contribution in [0.4, 0.5) is 11.4 Å². The Hall–Kier alpha value is -1.52. The minimum absolute atomic E-state index is 0.108. The molecule has 0 radical (unpaired) electrons. The first kappa shape index (κ1) is 15.9. The first-order valence-corrected chi connectivity index (χ1v) is 7.72. The second kappa shape index (κ2) is 6.96. The molecular formula is C16H16BrClN2O. The van der Waals surface area contributed by atoms with Gasteiger partial charge in [-0.05, 0) is 55.8 Å². The van der Waals surface area contributed by atoms with Crippen molar-refractivity contribution < 1.29 is 4.79 Å². The fraction of sp³-hybridized carbons (Fsp3) is 0.188. The van der Waals surface area contributed by atoms with Crippen LogP contribution in [0, 0.1) is 6.92 Å². The Morgan fingerprint density at radius 2 is 1.86 bits per heavy atom. The Labute approximate surface area is 137 Å². The van der Waals surface area contributed by atoms with E-state index in [0.717, 1.165) is 21.4 Å². The molecule has 5 heteroatoms. The van der Waals surface area contributed by atoms with Gasteiger partial charge in [0.2, 0.25) is 5.91 Å². The topological polar surface area (TPSA) is 41.1 Å². The molecule has 2 aromatic carbocycles. The van der Waals surface area contributed by atoms with E-state index in [9.17, 15) is 4.79 Å². The van der Waals surface area contributed by atoms with E-state index in [2.05, 4.69) is 26.6 Å². The summed E-state index contributed by atoms with van der Waals surface area (Å²) in [7, 11) is 0. The number of hydrogen-bond acceptors (Lipinski definition) is 2. The average molecular weight is 368 g/mol. The largest absolute Gasteiger partial charge is 0.374 e. The molecule has 0 spiro atoms. The van der Waals surface area contributed by atoms with Crippen molar-refractivity contribution in [1.82, 2.24) is 0 Å². The fourth-order valence-electron chi connectivity index (χ4n) is 1.85. The summed E-state index contributed by atoms with van der Waals surface area (Å²) in [6.07, 6.45) is 0. The van der Waals surface area contributed by atoms with E-state index in [1.54, 1.807) is 6.07 Å². The second-order valence-electron chi connectivity index (χ2n) is 4.77. The van der Waals surface area contributed by atoms with E-state index in [-0.39, 0.29) is 11.9 Å². The van der Waals surface area contributed by atoms with E-state index in [1.807, 2.05) is 50.2 Å². The van der Waals surface area contributed by atoms with Crippen LogP contribution in [-0.4, -0.2) is 11.9 Å². The maximum absolute atomic E-state index is 12.2. The highest BCUT2D eigenvalue weighted by molar-refractivity contribution is 9.10. The van der Waals surface area contributed by atoms with Crippen LogP contribution >= 0.6 is 27.5 Å². The number of anilines is 2. The van der Waals surface area contributed by atoms with Crippen LogP contribution in [0.5, 0.6) is 0 Å². The maximum atomic E-state index is 12.2. The van der Waals surface area contributed by atoms with Gasteiger partial charge in [-0.25, -0.2) is 0 Å².